The number of nitrogens with one attached hydrogen (secondary N) is 1. The Morgan fingerprint density at radius 2 is 1.88 bits per heavy atom. The summed E-state index contributed by atoms with van der Waals surface area (Å²) in [5.74, 6) is 0.149. The first-order chi connectivity index (χ1) is 11.1. The minimum Gasteiger partial charge on any atom is -0.372 e. The zero-order valence-corrected chi connectivity index (χ0v) is 14.5. The number of hydrogen-bond acceptors (Lipinski definition) is 4. The molecule has 0 aliphatic heterocycles. The molecule has 11 heteroatoms. The number of rotatable bonds is 3. The second kappa shape index (κ2) is 6.63. The lowest BCUT2D eigenvalue weighted by molar-refractivity contribution is -0.137. The first kappa shape index (κ1) is 18.6. The van der Waals surface area contributed by atoms with Crippen LogP contribution in [-0.2, 0) is 17.0 Å². The van der Waals surface area contributed by atoms with E-state index in [1.807, 2.05) is 0 Å². The van der Waals surface area contributed by atoms with E-state index in [2.05, 4.69) is 10.4 Å². The number of aromatic nitrogens is 2. The molecule has 128 valence electrons. The minimum atomic E-state index is -4.62. The van der Waals surface area contributed by atoms with Gasteiger partial charge in [0.2, 0.25) is 0 Å². The largest absolute Gasteiger partial charge is 0.416 e. The van der Waals surface area contributed by atoms with Gasteiger partial charge in [-0.3, -0.25) is 4.21 Å². The van der Waals surface area contributed by atoms with Crippen molar-refractivity contribution in [1.82, 2.24) is 9.78 Å². The van der Waals surface area contributed by atoms with E-state index >= 15 is 0 Å². The van der Waals surface area contributed by atoms with Crippen LogP contribution in [0.1, 0.15) is 11.3 Å². The maximum absolute atomic E-state index is 12.8. The molecule has 0 bridgehead atoms. The van der Waals surface area contributed by atoms with Crippen LogP contribution in [-0.4, -0.2) is 27.3 Å². The molecule has 24 heavy (non-hydrogen) atoms. The summed E-state index contributed by atoms with van der Waals surface area (Å²) in [6, 6.07) is 3.20. The van der Waals surface area contributed by atoms with E-state index < -0.39 is 22.5 Å². The standard InChI is InChI=1S/C13H9Cl2F3N4OS/c1-20-12-11(24(2)23)9(5-19)21-22(12)10-7(14)3-6(4-8(10)15)13(16,17)18/h3-4,20H,1-2H3. The van der Waals surface area contributed by atoms with E-state index in [1.54, 1.807) is 6.07 Å². The van der Waals surface area contributed by atoms with Crippen molar-refractivity contribution in [2.45, 2.75) is 11.1 Å². The molecule has 2 aromatic rings. The third-order valence-corrected chi connectivity index (χ3v) is 4.57. The Morgan fingerprint density at radius 1 is 1.33 bits per heavy atom. The quantitative estimate of drug-likeness (QED) is 0.854. The first-order valence-corrected chi connectivity index (χ1v) is 8.54. The summed E-state index contributed by atoms with van der Waals surface area (Å²) in [6.07, 6.45) is -3.27. The SMILES string of the molecule is CNc1c(S(C)=O)c(C#N)nn1-c1c(Cl)cc(C(F)(F)F)cc1Cl. The van der Waals surface area contributed by atoms with Gasteiger partial charge in [-0.05, 0) is 12.1 Å². The third-order valence-electron chi connectivity index (χ3n) is 3.03. The number of anilines is 1. The Bertz CT molecular complexity index is 850. The molecule has 1 atom stereocenters. The summed E-state index contributed by atoms with van der Waals surface area (Å²) in [7, 11) is -0.0879. The molecule has 0 saturated carbocycles. The predicted molar refractivity (Wildman–Crippen MR) is 85.2 cm³/mol. The molecule has 0 aliphatic carbocycles. The van der Waals surface area contributed by atoms with Crippen molar-refractivity contribution in [3.63, 3.8) is 0 Å². The fourth-order valence-electron chi connectivity index (χ4n) is 2.06. The highest BCUT2D eigenvalue weighted by molar-refractivity contribution is 7.84. The van der Waals surface area contributed by atoms with Crippen LogP contribution in [0.15, 0.2) is 17.0 Å². The van der Waals surface area contributed by atoms with Crippen LogP contribution in [0.5, 0.6) is 0 Å². The second-order valence-electron chi connectivity index (χ2n) is 4.54. The van der Waals surface area contributed by atoms with Crippen LogP contribution in [0.4, 0.5) is 19.0 Å². The third kappa shape index (κ3) is 3.22. The molecule has 5 nitrogen and oxygen atoms in total. The monoisotopic (exact) mass is 396 g/mol. The summed E-state index contributed by atoms with van der Waals surface area (Å²) in [4.78, 5) is 0.104. The number of halogens is 5. The topological polar surface area (TPSA) is 70.7 Å². The van der Waals surface area contributed by atoms with Gasteiger partial charge in [-0.25, -0.2) is 4.68 Å². The summed E-state index contributed by atoms with van der Waals surface area (Å²) in [6.45, 7) is 0. The van der Waals surface area contributed by atoms with E-state index in [1.165, 1.54) is 13.3 Å². The number of nitrogens with zero attached hydrogens (tertiary/aromatic N) is 3. The lowest BCUT2D eigenvalue weighted by Gasteiger charge is -2.14. The number of alkyl halides is 3. The molecule has 1 aromatic heterocycles. The molecule has 1 heterocycles. The summed E-state index contributed by atoms with van der Waals surface area (Å²) in [5.41, 5.74) is -1.21. The van der Waals surface area contributed by atoms with Crippen molar-refractivity contribution in [2.24, 2.45) is 0 Å². The van der Waals surface area contributed by atoms with E-state index in [9.17, 15) is 17.4 Å². The van der Waals surface area contributed by atoms with Crippen LogP contribution in [0.25, 0.3) is 5.69 Å². The maximum Gasteiger partial charge on any atom is 0.416 e. The first-order valence-electron chi connectivity index (χ1n) is 6.22. The Hall–Kier alpha value is -1.76. The van der Waals surface area contributed by atoms with E-state index in [4.69, 9.17) is 28.5 Å². The fourth-order valence-corrected chi connectivity index (χ4v) is 3.53. The number of hydrogen-bond donors (Lipinski definition) is 1. The van der Waals surface area contributed by atoms with Gasteiger partial charge in [-0.15, -0.1) is 0 Å². The summed E-state index contributed by atoms with van der Waals surface area (Å²) >= 11 is 11.9. The molecule has 0 fully saturated rings. The lowest BCUT2D eigenvalue weighted by atomic mass is 10.2. The molecule has 1 unspecified atom stereocenters. The maximum atomic E-state index is 12.8. The fraction of sp³-hybridized carbons (Fsp3) is 0.231. The highest BCUT2D eigenvalue weighted by Gasteiger charge is 2.33. The zero-order chi connectivity index (χ0) is 18.2. The molecule has 0 spiro atoms. The molecule has 0 aliphatic rings. The normalized spacial score (nSPS) is 12.8. The molecular formula is C13H9Cl2F3N4OS. The van der Waals surface area contributed by atoms with E-state index in [0.717, 1.165) is 4.68 Å². The van der Waals surface area contributed by atoms with Crippen molar-refractivity contribution in [3.8, 4) is 11.8 Å². The van der Waals surface area contributed by atoms with E-state index in [-0.39, 0.29) is 32.1 Å². The van der Waals surface area contributed by atoms with Crippen LogP contribution in [0, 0.1) is 11.3 Å². The Morgan fingerprint density at radius 3 is 2.25 bits per heavy atom. The van der Waals surface area contributed by atoms with Crippen molar-refractivity contribution >= 4 is 39.8 Å². The highest BCUT2D eigenvalue weighted by Crippen LogP contribution is 2.39. The van der Waals surface area contributed by atoms with Gasteiger partial charge in [0.25, 0.3) is 0 Å². The van der Waals surface area contributed by atoms with Gasteiger partial charge in [-0.1, -0.05) is 23.2 Å². The summed E-state index contributed by atoms with van der Waals surface area (Å²) in [5, 5.41) is 15.2. The van der Waals surface area contributed by atoms with Crippen molar-refractivity contribution in [2.75, 3.05) is 18.6 Å². The van der Waals surface area contributed by atoms with Crippen molar-refractivity contribution in [1.29, 1.82) is 5.26 Å². The Labute approximate surface area is 147 Å². The van der Waals surface area contributed by atoms with Crippen LogP contribution in [0.3, 0.4) is 0 Å². The van der Waals surface area contributed by atoms with E-state index in [0.29, 0.717) is 12.1 Å². The smallest absolute Gasteiger partial charge is 0.372 e. The van der Waals surface area contributed by atoms with Crippen molar-refractivity contribution < 1.29 is 17.4 Å². The van der Waals surface area contributed by atoms with Gasteiger partial charge >= 0.3 is 6.18 Å². The minimum absolute atomic E-state index is 0.0520. The molecule has 0 amide bonds. The molecule has 1 N–H and O–H groups in total. The summed E-state index contributed by atoms with van der Waals surface area (Å²) < 4.78 is 51.4. The van der Waals surface area contributed by atoms with Gasteiger partial charge in [0.15, 0.2) is 5.69 Å². The van der Waals surface area contributed by atoms with Crippen molar-refractivity contribution in [3.05, 3.63) is 33.4 Å². The second-order valence-corrected chi connectivity index (χ2v) is 6.67. The molecule has 1 aromatic carbocycles. The lowest BCUT2D eigenvalue weighted by Crippen LogP contribution is -2.09. The van der Waals surface area contributed by atoms with Crippen LogP contribution in [0.2, 0.25) is 10.0 Å². The Balaban J connectivity index is 2.79. The predicted octanol–water partition coefficient (Wildman–Crippen LogP) is 3.85. The molecule has 2 rings (SSSR count). The van der Waals surface area contributed by atoms with Gasteiger partial charge in [0, 0.05) is 13.3 Å². The Kier molecular flexibility index (Phi) is 5.13. The number of nitriles is 1. The zero-order valence-electron chi connectivity index (χ0n) is 12.2. The van der Waals surface area contributed by atoms with Gasteiger partial charge in [-0.2, -0.15) is 23.5 Å². The van der Waals surface area contributed by atoms with Gasteiger partial charge < -0.3 is 5.32 Å². The average molecular weight is 397 g/mol. The van der Waals surface area contributed by atoms with Crippen LogP contribution >= 0.6 is 23.2 Å². The number of benzene rings is 1. The highest BCUT2D eigenvalue weighted by atomic mass is 35.5. The van der Waals surface area contributed by atoms with Gasteiger partial charge in [0.05, 0.1) is 26.4 Å². The van der Waals surface area contributed by atoms with Gasteiger partial charge in [0.1, 0.15) is 22.5 Å². The molecular weight excluding hydrogens is 388 g/mol. The van der Waals surface area contributed by atoms with Crippen LogP contribution < -0.4 is 5.32 Å². The average Bonchev–Trinajstić information content (AvgIpc) is 2.84. The molecule has 0 saturated heterocycles. The molecule has 0 radical (unpaired) electrons.